The average molecular weight is 571 g/mol. The van der Waals surface area contributed by atoms with Crippen LogP contribution in [0.15, 0.2) is 72.0 Å². The number of fused-ring (bicyclic) bond motifs is 2. The Balaban J connectivity index is 1.35. The molecule has 0 spiro atoms. The van der Waals surface area contributed by atoms with Crippen LogP contribution >= 0.6 is 0 Å². The number of ether oxygens (including phenoxy) is 3. The van der Waals surface area contributed by atoms with Gasteiger partial charge < -0.3 is 24.2 Å². The van der Waals surface area contributed by atoms with E-state index in [0.717, 1.165) is 48.6 Å². The fourth-order valence-electron chi connectivity index (χ4n) is 6.29. The van der Waals surface area contributed by atoms with Crippen molar-refractivity contribution in [1.29, 1.82) is 0 Å². The summed E-state index contributed by atoms with van der Waals surface area (Å²) in [5, 5.41) is 10.0. The van der Waals surface area contributed by atoms with Crippen LogP contribution in [0.5, 0.6) is 5.75 Å². The van der Waals surface area contributed by atoms with Crippen molar-refractivity contribution in [2.24, 2.45) is 11.8 Å². The van der Waals surface area contributed by atoms with Gasteiger partial charge in [0.2, 0.25) is 0 Å². The number of rotatable bonds is 8. The topological polar surface area (TPSA) is 106 Å². The summed E-state index contributed by atoms with van der Waals surface area (Å²) in [5.74, 6) is 0.412. The van der Waals surface area contributed by atoms with Gasteiger partial charge >= 0.3 is 17.9 Å². The maximum Gasteiger partial charge on any atom is 0.336 e. The summed E-state index contributed by atoms with van der Waals surface area (Å²) in [7, 11) is 2.82. The highest BCUT2D eigenvalue weighted by atomic mass is 16.5. The fourth-order valence-corrected chi connectivity index (χ4v) is 6.29. The predicted octanol–water partition coefficient (Wildman–Crippen LogP) is 4.29. The Hall–Kier alpha value is -4.37. The molecule has 2 fully saturated rings. The first-order chi connectivity index (χ1) is 20.2. The molecule has 218 valence electrons. The molecule has 0 amide bonds. The zero-order chi connectivity index (χ0) is 29.6. The first-order valence-corrected chi connectivity index (χ1v) is 14.1. The first-order valence-electron chi connectivity index (χ1n) is 14.1. The Labute approximate surface area is 244 Å². The van der Waals surface area contributed by atoms with E-state index in [-0.39, 0.29) is 29.3 Å². The highest BCUT2D eigenvalue weighted by molar-refractivity contribution is 6.00. The molecule has 4 aliphatic rings. The first kappa shape index (κ1) is 27.8. The van der Waals surface area contributed by atoms with E-state index in [1.165, 1.54) is 14.2 Å². The second-order valence-corrected chi connectivity index (χ2v) is 11.6. The molecule has 1 atom stereocenters. The standard InChI is InChI=1S/C33H34N2O7/c1-33(35-18-21(19-35)13-30(37)41-3)11-10-26-28(15-33)42-27-14-22(34-16-20(17-34)12-29(36)40-2)8-9-25(27)31(26)23-6-4-5-7-24(23)32(38)39/h4-11,14-15,20-21H,12-13,16-19H2,1-3H3,(H,38,39). The maximum absolute atomic E-state index is 12.3. The van der Waals surface area contributed by atoms with Crippen molar-refractivity contribution in [3.8, 4) is 5.75 Å². The molecule has 0 saturated carbocycles. The molecule has 1 N–H and O–H groups in total. The van der Waals surface area contributed by atoms with E-state index >= 15 is 0 Å². The molecule has 9 heteroatoms. The molecule has 0 bridgehead atoms. The minimum Gasteiger partial charge on any atom is -0.478 e. The van der Waals surface area contributed by atoms with Crippen LogP contribution in [0.2, 0.25) is 0 Å². The molecule has 42 heavy (non-hydrogen) atoms. The number of carboxylic acids is 1. The Bertz CT molecular complexity index is 1550. The van der Waals surface area contributed by atoms with Gasteiger partial charge in [-0.3, -0.25) is 14.5 Å². The van der Waals surface area contributed by atoms with Crippen LogP contribution in [-0.2, 0) is 19.1 Å². The van der Waals surface area contributed by atoms with Crippen LogP contribution in [-0.4, -0.2) is 73.9 Å². The normalized spacial score (nSPS) is 21.8. The molecule has 3 aliphatic heterocycles. The summed E-state index contributed by atoms with van der Waals surface area (Å²) in [6, 6.07) is 13.1. The summed E-state index contributed by atoms with van der Waals surface area (Å²) in [6.45, 7) is 5.12. The Kier molecular flexibility index (Phi) is 7.14. The molecule has 3 heterocycles. The summed E-state index contributed by atoms with van der Waals surface area (Å²) >= 11 is 0. The van der Waals surface area contributed by atoms with Gasteiger partial charge in [-0.1, -0.05) is 30.4 Å². The van der Waals surface area contributed by atoms with Crippen LogP contribution in [0.1, 0.15) is 41.3 Å². The molecule has 0 radical (unpaired) electrons. The van der Waals surface area contributed by atoms with Crippen molar-refractivity contribution >= 4 is 29.2 Å². The second kappa shape index (κ2) is 10.8. The van der Waals surface area contributed by atoms with Gasteiger partial charge in [0, 0.05) is 60.6 Å². The highest BCUT2D eigenvalue weighted by Crippen LogP contribution is 2.47. The molecular formula is C33H34N2O7. The van der Waals surface area contributed by atoms with Crippen molar-refractivity contribution in [1.82, 2.24) is 4.90 Å². The summed E-state index contributed by atoms with van der Waals surface area (Å²) < 4.78 is 16.2. The number of carbonyl (C=O) groups excluding carboxylic acids is 2. The monoisotopic (exact) mass is 570 g/mol. The lowest BCUT2D eigenvalue weighted by atomic mass is 9.80. The minimum absolute atomic E-state index is 0.198. The van der Waals surface area contributed by atoms with Gasteiger partial charge in [-0.2, -0.15) is 0 Å². The van der Waals surface area contributed by atoms with Gasteiger partial charge in [0.15, 0.2) is 0 Å². The Morgan fingerprint density at radius 1 is 0.952 bits per heavy atom. The minimum atomic E-state index is -0.993. The molecule has 2 aromatic carbocycles. The maximum atomic E-state index is 12.3. The number of methoxy groups -OCH3 is 2. The van der Waals surface area contributed by atoms with Crippen molar-refractivity contribution in [2.45, 2.75) is 25.3 Å². The lowest BCUT2D eigenvalue weighted by molar-refractivity contribution is -0.144. The van der Waals surface area contributed by atoms with Gasteiger partial charge in [-0.15, -0.1) is 0 Å². The summed E-state index contributed by atoms with van der Waals surface area (Å²) in [5.41, 5.74) is 3.85. The number of carboxylic acid groups (broad SMARTS) is 1. The molecule has 1 aliphatic carbocycles. The molecule has 1 unspecified atom stereocenters. The number of esters is 2. The van der Waals surface area contributed by atoms with Crippen molar-refractivity contribution in [2.75, 3.05) is 45.3 Å². The second-order valence-electron chi connectivity index (χ2n) is 11.6. The smallest absolute Gasteiger partial charge is 0.336 e. The van der Waals surface area contributed by atoms with Gasteiger partial charge in [-0.05, 0) is 42.7 Å². The van der Waals surface area contributed by atoms with E-state index in [1.807, 2.05) is 36.4 Å². The summed E-state index contributed by atoms with van der Waals surface area (Å²) in [6.07, 6.45) is 7.03. The Morgan fingerprint density at radius 2 is 1.62 bits per heavy atom. The van der Waals surface area contributed by atoms with E-state index in [4.69, 9.17) is 14.2 Å². The molecule has 2 saturated heterocycles. The van der Waals surface area contributed by atoms with Crippen molar-refractivity contribution in [3.63, 3.8) is 0 Å². The van der Waals surface area contributed by atoms with Crippen LogP contribution in [0, 0.1) is 11.8 Å². The number of hydrogen-bond acceptors (Lipinski definition) is 8. The number of carbonyl (C=O) groups is 3. The molecule has 6 rings (SSSR count). The predicted molar refractivity (Wildman–Crippen MR) is 156 cm³/mol. The van der Waals surface area contributed by atoms with Crippen molar-refractivity contribution in [3.05, 3.63) is 88.7 Å². The highest BCUT2D eigenvalue weighted by Gasteiger charge is 2.42. The lowest BCUT2D eigenvalue weighted by Crippen LogP contribution is -2.58. The molecule has 9 nitrogen and oxygen atoms in total. The largest absolute Gasteiger partial charge is 0.478 e. The van der Waals surface area contributed by atoms with E-state index in [0.29, 0.717) is 29.9 Å². The van der Waals surface area contributed by atoms with E-state index in [2.05, 4.69) is 28.9 Å². The van der Waals surface area contributed by atoms with Gasteiger partial charge in [0.1, 0.15) is 11.5 Å². The number of allylic oxidation sites excluding steroid dienone is 1. The van der Waals surface area contributed by atoms with Crippen LogP contribution in [0.4, 0.5) is 5.69 Å². The average Bonchev–Trinajstić information content (AvgIpc) is 2.94. The number of anilines is 1. The number of nitrogens with zero attached hydrogens (tertiary/aromatic N) is 2. The van der Waals surface area contributed by atoms with Gasteiger partial charge in [0.25, 0.3) is 0 Å². The van der Waals surface area contributed by atoms with Gasteiger partial charge in [0.05, 0.1) is 38.2 Å². The van der Waals surface area contributed by atoms with E-state index in [1.54, 1.807) is 12.1 Å². The Morgan fingerprint density at radius 3 is 2.29 bits per heavy atom. The number of likely N-dealkylation sites (tertiary alicyclic amines) is 1. The number of hydrogen-bond donors (Lipinski definition) is 1. The zero-order valence-corrected chi connectivity index (χ0v) is 24.0. The number of benzene rings is 2. The molecule has 0 aromatic heterocycles. The number of aromatic carboxylic acids is 1. The third-order valence-electron chi connectivity index (χ3n) is 8.75. The molecular weight excluding hydrogens is 536 g/mol. The third-order valence-corrected chi connectivity index (χ3v) is 8.75. The van der Waals surface area contributed by atoms with Gasteiger partial charge in [-0.25, -0.2) is 4.79 Å². The zero-order valence-electron chi connectivity index (χ0n) is 24.0. The molecule has 2 aromatic rings. The van der Waals surface area contributed by atoms with E-state index < -0.39 is 11.5 Å². The van der Waals surface area contributed by atoms with E-state index in [9.17, 15) is 19.5 Å². The third kappa shape index (κ3) is 4.98. The SMILES string of the molecule is COC(=O)CC1CN(c2ccc3c(c2)OC2=CC(C)(N4CC(CC(=O)OC)C4)C=CC2=C3c2ccccc2C(=O)O)C1. The van der Waals surface area contributed by atoms with Crippen LogP contribution in [0.3, 0.4) is 0 Å². The lowest BCUT2D eigenvalue weighted by Gasteiger charge is -2.49. The summed E-state index contributed by atoms with van der Waals surface area (Å²) in [4.78, 5) is 40.2. The fraction of sp³-hybridized carbons (Fsp3) is 0.364. The van der Waals surface area contributed by atoms with Crippen LogP contribution < -0.4 is 9.64 Å². The van der Waals surface area contributed by atoms with Crippen molar-refractivity contribution < 1.29 is 33.7 Å². The quantitative estimate of drug-likeness (QED) is 0.466. The van der Waals surface area contributed by atoms with Crippen LogP contribution in [0.25, 0.3) is 5.57 Å².